The Balaban J connectivity index is 1.97. The standard InChI is InChI=1S/C19H23NO2/c1-13-5-8-17(9-6-13)15(3)20-19(21)12-16-7-10-18(22-4)14(2)11-16/h5-11,15H,12H2,1-4H3,(H,20,21)/t15-/m0/s1. The third-order valence-electron chi connectivity index (χ3n) is 3.78. The maximum Gasteiger partial charge on any atom is 0.224 e. The lowest BCUT2D eigenvalue weighted by atomic mass is 10.0. The Morgan fingerprint density at radius 1 is 1.14 bits per heavy atom. The number of hydrogen-bond donors (Lipinski definition) is 1. The van der Waals surface area contributed by atoms with Crippen molar-refractivity contribution >= 4 is 5.91 Å². The van der Waals surface area contributed by atoms with E-state index in [4.69, 9.17) is 4.74 Å². The maximum atomic E-state index is 12.2. The molecule has 3 heteroatoms. The lowest BCUT2D eigenvalue weighted by molar-refractivity contribution is -0.121. The Labute approximate surface area is 132 Å². The van der Waals surface area contributed by atoms with Gasteiger partial charge in [-0.2, -0.15) is 0 Å². The summed E-state index contributed by atoms with van der Waals surface area (Å²) in [5.74, 6) is 0.870. The van der Waals surface area contributed by atoms with E-state index in [2.05, 4.69) is 36.5 Å². The van der Waals surface area contributed by atoms with E-state index >= 15 is 0 Å². The summed E-state index contributed by atoms with van der Waals surface area (Å²) in [4.78, 5) is 12.2. The smallest absolute Gasteiger partial charge is 0.224 e. The summed E-state index contributed by atoms with van der Waals surface area (Å²) in [6, 6.07) is 14.1. The van der Waals surface area contributed by atoms with E-state index in [1.165, 1.54) is 5.56 Å². The molecule has 22 heavy (non-hydrogen) atoms. The van der Waals surface area contributed by atoms with Crippen molar-refractivity contribution in [2.75, 3.05) is 7.11 Å². The van der Waals surface area contributed by atoms with Crippen LogP contribution in [-0.2, 0) is 11.2 Å². The van der Waals surface area contributed by atoms with E-state index in [0.717, 1.165) is 22.4 Å². The van der Waals surface area contributed by atoms with Gasteiger partial charge < -0.3 is 10.1 Å². The van der Waals surface area contributed by atoms with E-state index in [0.29, 0.717) is 6.42 Å². The first kappa shape index (κ1) is 16.1. The molecule has 0 saturated heterocycles. The summed E-state index contributed by atoms with van der Waals surface area (Å²) in [6.45, 7) is 6.04. The molecule has 0 spiro atoms. The van der Waals surface area contributed by atoms with Gasteiger partial charge in [-0.05, 0) is 43.5 Å². The molecule has 2 aromatic carbocycles. The molecule has 0 bridgehead atoms. The Bertz CT molecular complexity index is 647. The molecule has 0 saturated carbocycles. The number of carbonyl (C=O) groups excluding carboxylic acids is 1. The number of nitrogens with one attached hydrogen (secondary N) is 1. The first-order valence-electron chi connectivity index (χ1n) is 7.49. The first-order valence-corrected chi connectivity index (χ1v) is 7.49. The van der Waals surface area contributed by atoms with Gasteiger partial charge in [0.05, 0.1) is 19.6 Å². The highest BCUT2D eigenvalue weighted by molar-refractivity contribution is 5.79. The van der Waals surface area contributed by atoms with Crippen molar-refractivity contribution in [3.63, 3.8) is 0 Å². The molecule has 0 heterocycles. The molecule has 0 radical (unpaired) electrons. The van der Waals surface area contributed by atoms with E-state index in [1.54, 1.807) is 7.11 Å². The molecule has 1 N–H and O–H groups in total. The fourth-order valence-corrected chi connectivity index (χ4v) is 2.47. The summed E-state index contributed by atoms with van der Waals surface area (Å²) in [5.41, 5.74) is 4.37. The summed E-state index contributed by atoms with van der Waals surface area (Å²) >= 11 is 0. The lowest BCUT2D eigenvalue weighted by Gasteiger charge is -2.15. The summed E-state index contributed by atoms with van der Waals surface area (Å²) in [7, 11) is 1.65. The largest absolute Gasteiger partial charge is 0.496 e. The second kappa shape index (κ2) is 7.12. The van der Waals surface area contributed by atoms with Crippen molar-refractivity contribution in [2.24, 2.45) is 0 Å². The van der Waals surface area contributed by atoms with Crippen LogP contribution in [0.15, 0.2) is 42.5 Å². The van der Waals surface area contributed by atoms with Gasteiger partial charge >= 0.3 is 0 Å². The van der Waals surface area contributed by atoms with Crippen molar-refractivity contribution in [2.45, 2.75) is 33.2 Å². The minimum absolute atomic E-state index is 0.00689. The molecular weight excluding hydrogens is 274 g/mol. The molecule has 0 aromatic heterocycles. The molecule has 0 aliphatic carbocycles. The minimum atomic E-state index is 0.00689. The van der Waals surface area contributed by atoms with Crippen molar-refractivity contribution in [1.29, 1.82) is 0 Å². The van der Waals surface area contributed by atoms with Crippen molar-refractivity contribution in [3.8, 4) is 5.75 Å². The van der Waals surface area contributed by atoms with Crippen LogP contribution in [0.1, 0.15) is 35.2 Å². The lowest BCUT2D eigenvalue weighted by Crippen LogP contribution is -2.28. The molecule has 0 unspecified atom stereocenters. The summed E-state index contributed by atoms with van der Waals surface area (Å²) in [6.07, 6.45) is 0.376. The molecule has 116 valence electrons. The van der Waals surface area contributed by atoms with Crippen molar-refractivity contribution in [3.05, 3.63) is 64.7 Å². The summed E-state index contributed by atoms with van der Waals surface area (Å²) < 4.78 is 5.24. The van der Waals surface area contributed by atoms with Gasteiger partial charge in [0.25, 0.3) is 0 Å². The predicted molar refractivity (Wildman–Crippen MR) is 89.2 cm³/mol. The Morgan fingerprint density at radius 2 is 1.82 bits per heavy atom. The Hall–Kier alpha value is -2.29. The third kappa shape index (κ3) is 4.10. The number of amides is 1. The molecule has 1 amide bonds. The first-order chi connectivity index (χ1) is 10.5. The van der Waals surface area contributed by atoms with Gasteiger partial charge in [-0.25, -0.2) is 0 Å². The number of rotatable bonds is 5. The predicted octanol–water partition coefficient (Wildman–Crippen LogP) is 3.73. The minimum Gasteiger partial charge on any atom is -0.496 e. The van der Waals surface area contributed by atoms with Crippen LogP contribution in [-0.4, -0.2) is 13.0 Å². The number of benzene rings is 2. The number of carbonyl (C=O) groups is 1. The highest BCUT2D eigenvalue weighted by atomic mass is 16.5. The average molecular weight is 297 g/mol. The molecule has 0 fully saturated rings. The monoisotopic (exact) mass is 297 g/mol. The summed E-state index contributed by atoms with van der Waals surface area (Å²) in [5, 5.41) is 3.04. The van der Waals surface area contributed by atoms with Gasteiger partial charge in [-0.3, -0.25) is 4.79 Å². The van der Waals surface area contributed by atoms with Crippen LogP contribution < -0.4 is 10.1 Å². The van der Waals surface area contributed by atoms with Crippen LogP contribution in [0.25, 0.3) is 0 Å². The van der Waals surface area contributed by atoms with Crippen LogP contribution in [0.5, 0.6) is 5.75 Å². The van der Waals surface area contributed by atoms with E-state index in [-0.39, 0.29) is 11.9 Å². The van der Waals surface area contributed by atoms with Gasteiger partial charge in [-0.15, -0.1) is 0 Å². The van der Waals surface area contributed by atoms with Gasteiger partial charge in [0, 0.05) is 0 Å². The molecule has 0 aliphatic heterocycles. The second-order valence-electron chi connectivity index (χ2n) is 5.68. The third-order valence-corrected chi connectivity index (χ3v) is 3.78. The van der Waals surface area contributed by atoms with Crippen molar-refractivity contribution < 1.29 is 9.53 Å². The van der Waals surface area contributed by atoms with E-state index in [9.17, 15) is 4.79 Å². The molecule has 2 rings (SSSR count). The average Bonchev–Trinajstić information content (AvgIpc) is 2.48. The topological polar surface area (TPSA) is 38.3 Å². The van der Waals surface area contributed by atoms with Crippen LogP contribution in [0, 0.1) is 13.8 Å². The fourth-order valence-electron chi connectivity index (χ4n) is 2.47. The SMILES string of the molecule is COc1ccc(CC(=O)N[C@@H](C)c2ccc(C)cc2)cc1C. The molecule has 2 aromatic rings. The van der Waals surface area contributed by atoms with Gasteiger partial charge in [0.1, 0.15) is 5.75 Å². The zero-order chi connectivity index (χ0) is 16.1. The zero-order valence-electron chi connectivity index (χ0n) is 13.6. The van der Waals surface area contributed by atoms with Crippen molar-refractivity contribution in [1.82, 2.24) is 5.32 Å². The Morgan fingerprint density at radius 3 is 2.41 bits per heavy atom. The van der Waals surface area contributed by atoms with E-state index in [1.807, 2.05) is 32.0 Å². The number of ether oxygens (including phenoxy) is 1. The molecule has 1 atom stereocenters. The number of methoxy groups -OCH3 is 1. The highest BCUT2D eigenvalue weighted by Crippen LogP contribution is 2.19. The van der Waals surface area contributed by atoms with E-state index < -0.39 is 0 Å². The number of aryl methyl sites for hydroxylation is 2. The van der Waals surface area contributed by atoms with Gasteiger partial charge in [-0.1, -0.05) is 42.0 Å². The number of hydrogen-bond acceptors (Lipinski definition) is 2. The van der Waals surface area contributed by atoms with Crippen LogP contribution in [0.3, 0.4) is 0 Å². The van der Waals surface area contributed by atoms with Crippen LogP contribution in [0.4, 0.5) is 0 Å². The normalized spacial score (nSPS) is 11.8. The highest BCUT2D eigenvalue weighted by Gasteiger charge is 2.10. The quantitative estimate of drug-likeness (QED) is 0.913. The van der Waals surface area contributed by atoms with Crippen LogP contribution >= 0.6 is 0 Å². The zero-order valence-corrected chi connectivity index (χ0v) is 13.6. The molecule has 0 aliphatic rings. The van der Waals surface area contributed by atoms with Gasteiger partial charge in [0.15, 0.2) is 0 Å². The second-order valence-corrected chi connectivity index (χ2v) is 5.68. The molecule has 3 nitrogen and oxygen atoms in total. The molecular formula is C19H23NO2. The maximum absolute atomic E-state index is 12.2. The Kier molecular flexibility index (Phi) is 5.21. The van der Waals surface area contributed by atoms with Crippen LogP contribution in [0.2, 0.25) is 0 Å². The van der Waals surface area contributed by atoms with Gasteiger partial charge in [0.2, 0.25) is 5.91 Å². The fraction of sp³-hybridized carbons (Fsp3) is 0.316.